The lowest BCUT2D eigenvalue weighted by Gasteiger charge is -2.23. The molecule has 0 unspecified atom stereocenters. The zero-order valence-electron chi connectivity index (χ0n) is 19.9. The van der Waals surface area contributed by atoms with Crippen molar-refractivity contribution < 1.29 is 14.3 Å². The third-order valence-electron chi connectivity index (χ3n) is 5.75. The predicted octanol–water partition coefficient (Wildman–Crippen LogP) is 6.88. The molecule has 1 N–H and O–H groups in total. The van der Waals surface area contributed by atoms with E-state index in [1.165, 1.54) is 17.3 Å². The van der Waals surface area contributed by atoms with Crippen molar-refractivity contribution in [2.45, 2.75) is 26.3 Å². The molecule has 3 aromatic carbocycles. The molecule has 1 saturated heterocycles. The van der Waals surface area contributed by atoms with Gasteiger partial charge in [0.25, 0.3) is 11.8 Å². The van der Waals surface area contributed by atoms with Gasteiger partial charge in [-0.2, -0.15) is 0 Å². The number of halogens is 1. The number of ether oxygens (including phenoxy) is 1. The topological polar surface area (TPSA) is 58.6 Å². The van der Waals surface area contributed by atoms with Crippen LogP contribution in [0.4, 0.5) is 5.69 Å². The number of rotatable bonds is 8. The van der Waals surface area contributed by atoms with Crippen LogP contribution in [-0.4, -0.2) is 27.6 Å². The maximum Gasteiger partial charge on any atom is 0.266 e. The number of anilines is 1. The molecular formula is C28H25ClN2O3S2. The lowest BCUT2D eigenvalue weighted by Crippen LogP contribution is -2.30. The molecule has 0 spiro atoms. The molecule has 0 bridgehead atoms. The number of carbonyl (C=O) groups excluding carboxylic acids is 2. The van der Waals surface area contributed by atoms with Crippen molar-refractivity contribution in [1.82, 2.24) is 4.90 Å². The van der Waals surface area contributed by atoms with E-state index in [0.717, 1.165) is 17.5 Å². The van der Waals surface area contributed by atoms with Gasteiger partial charge >= 0.3 is 0 Å². The lowest BCUT2D eigenvalue weighted by molar-refractivity contribution is -0.123. The number of thiocarbonyl (C=S) groups is 1. The molecule has 0 radical (unpaired) electrons. The summed E-state index contributed by atoms with van der Waals surface area (Å²) in [5, 5.41) is 3.15. The Bertz CT molecular complexity index is 1310. The summed E-state index contributed by atoms with van der Waals surface area (Å²) in [6.45, 7) is 3.86. The van der Waals surface area contributed by atoms with Crippen molar-refractivity contribution in [2.75, 3.05) is 11.9 Å². The van der Waals surface area contributed by atoms with Gasteiger partial charge in [-0.1, -0.05) is 91.0 Å². The highest BCUT2D eigenvalue weighted by molar-refractivity contribution is 8.26. The fourth-order valence-corrected chi connectivity index (χ4v) is 5.40. The third kappa shape index (κ3) is 6.16. The molecule has 3 aromatic rings. The van der Waals surface area contributed by atoms with E-state index in [1.807, 2.05) is 61.5 Å². The summed E-state index contributed by atoms with van der Waals surface area (Å²) in [6.07, 6.45) is 2.70. The Hall–Kier alpha value is -3.13. The predicted molar refractivity (Wildman–Crippen MR) is 151 cm³/mol. The quantitative estimate of drug-likeness (QED) is 0.251. The van der Waals surface area contributed by atoms with Crippen molar-refractivity contribution in [3.8, 4) is 5.75 Å². The number of benzene rings is 3. The average Bonchev–Trinajstić information content (AvgIpc) is 3.16. The molecule has 8 heteroatoms. The Morgan fingerprint density at radius 2 is 1.86 bits per heavy atom. The van der Waals surface area contributed by atoms with E-state index in [1.54, 1.807) is 29.2 Å². The highest BCUT2D eigenvalue weighted by Gasteiger charge is 2.35. The first-order valence-electron chi connectivity index (χ1n) is 11.5. The summed E-state index contributed by atoms with van der Waals surface area (Å²) in [5.41, 5.74) is 3.66. The molecule has 5 nitrogen and oxygen atoms in total. The van der Waals surface area contributed by atoms with Gasteiger partial charge in [0.2, 0.25) is 0 Å². The van der Waals surface area contributed by atoms with Gasteiger partial charge in [-0.15, -0.1) is 0 Å². The van der Waals surface area contributed by atoms with Crippen LogP contribution in [-0.2, 0) is 16.0 Å². The first-order valence-corrected chi connectivity index (χ1v) is 13.1. The van der Waals surface area contributed by atoms with Crippen molar-refractivity contribution in [1.29, 1.82) is 0 Å². The molecule has 0 saturated carbocycles. The summed E-state index contributed by atoms with van der Waals surface area (Å²) in [4.78, 5) is 27.5. The first kappa shape index (κ1) is 25.9. The van der Waals surface area contributed by atoms with Gasteiger partial charge in [-0.05, 0) is 60.4 Å². The molecule has 36 heavy (non-hydrogen) atoms. The molecule has 1 aliphatic heterocycles. The largest absolute Gasteiger partial charge is 0.482 e. The van der Waals surface area contributed by atoms with Crippen LogP contribution < -0.4 is 10.1 Å². The normalized spacial score (nSPS) is 15.3. The van der Waals surface area contributed by atoms with Gasteiger partial charge in [0.05, 0.1) is 16.0 Å². The zero-order chi connectivity index (χ0) is 25.7. The maximum atomic E-state index is 13.1. The lowest BCUT2D eigenvalue weighted by atomic mass is 10.1. The minimum absolute atomic E-state index is 0.138. The van der Waals surface area contributed by atoms with Crippen LogP contribution in [0.3, 0.4) is 0 Å². The standard InChI is InChI=1S/C28H25ClN2O3S2/c1-3-19-9-12-22(13-10-19)30-26(32)17-34-24-14-11-20(15-23(24)29)16-25-27(33)31(28(35)36-25)18(2)21-7-5-4-6-8-21/h4-16,18H,3,17H2,1-2H3,(H,30,32)/b25-16-/t18-/m1/s1. The van der Waals surface area contributed by atoms with Gasteiger partial charge in [0.1, 0.15) is 10.1 Å². The summed E-state index contributed by atoms with van der Waals surface area (Å²) in [6, 6.07) is 22.5. The highest BCUT2D eigenvalue weighted by atomic mass is 35.5. The molecule has 1 fully saturated rings. The second-order valence-corrected chi connectivity index (χ2v) is 10.3. The van der Waals surface area contributed by atoms with Crippen molar-refractivity contribution >= 4 is 63.5 Å². The van der Waals surface area contributed by atoms with E-state index in [2.05, 4.69) is 12.2 Å². The van der Waals surface area contributed by atoms with E-state index in [9.17, 15) is 9.59 Å². The summed E-state index contributed by atoms with van der Waals surface area (Å²) in [5.74, 6) is -0.0346. The number of thioether (sulfide) groups is 1. The van der Waals surface area contributed by atoms with Crippen LogP contribution in [0.15, 0.2) is 77.7 Å². The molecule has 1 atom stereocenters. The maximum absolute atomic E-state index is 13.1. The fraction of sp³-hybridized carbons (Fsp3) is 0.179. The minimum atomic E-state index is -0.282. The Morgan fingerprint density at radius 3 is 2.53 bits per heavy atom. The van der Waals surface area contributed by atoms with E-state index in [0.29, 0.717) is 25.7 Å². The fourth-order valence-electron chi connectivity index (χ4n) is 3.73. The van der Waals surface area contributed by atoms with E-state index >= 15 is 0 Å². The number of amides is 2. The Labute approximate surface area is 225 Å². The monoisotopic (exact) mass is 536 g/mol. The van der Waals surface area contributed by atoms with Crippen LogP contribution in [0.25, 0.3) is 6.08 Å². The van der Waals surface area contributed by atoms with Gasteiger partial charge in [-0.3, -0.25) is 14.5 Å². The van der Waals surface area contributed by atoms with Crippen LogP contribution in [0, 0.1) is 0 Å². The molecule has 0 aromatic heterocycles. The van der Waals surface area contributed by atoms with Crippen molar-refractivity contribution in [3.05, 3.63) is 99.4 Å². The summed E-state index contributed by atoms with van der Waals surface area (Å²) < 4.78 is 6.13. The van der Waals surface area contributed by atoms with E-state index in [4.69, 9.17) is 28.6 Å². The third-order valence-corrected chi connectivity index (χ3v) is 7.38. The van der Waals surface area contributed by atoms with Crippen LogP contribution in [0.1, 0.15) is 36.6 Å². The van der Waals surface area contributed by atoms with Gasteiger partial charge in [0, 0.05) is 5.69 Å². The Balaban J connectivity index is 1.39. The molecule has 1 heterocycles. The number of aryl methyl sites for hydroxylation is 1. The summed E-state index contributed by atoms with van der Waals surface area (Å²) >= 11 is 13.2. The molecule has 1 aliphatic rings. The zero-order valence-corrected chi connectivity index (χ0v) is 22.3. The molecular weight excluding hydrogens is 512 g/mol. The van der Waals surface area contributed by atoms with Crippen LogP contribution >= 0.6 is 35.6 Å². The van der Waals surface area contributed by atoms with Crippen molar-refractivity contribution in [3.63, 3.8) is 0 Å². The smallest absolute Gasteiger partial charge is 0.266 e. The van der Waals surface area contributed by atoms with Crippen LogP contribution in [0.5, 0.6) is 5.75 Å². The average molecular weight is 537 g/mol. The van der Waals surface area contributed by atoms with Gasteiger partial charge < -0.3 is 10.1 Å². The number of hydrogen-bond acceptors (Lipinski definition) is 5. The number of hydrogen-bond donors (Lipinski definition) is 1. The molecule has 4 rings (SSSR count). The number of nitrogens with zero attached hydrogens (tertiary/aromatic N) is 1. The molecule has 184 valence electrons. The van der Waals surface area contributed by atoms with E-state index < -0.39 is 0 Å². The Kier molecular flexibility index (Phi) is 8.46. The molecule has 0 aliphatic carbocycles. The number of nitrogens with one attached hydrogen (secondary N) is 1. The van der Waals surface area contributed by atoms with E-state index in [-0.39, 0.29) is 24.5 Å². The highest BCUT2D eigenvalue weighted by Crippen LogP contribution is 2.38. The minimum Gasteiger partial charge on any atom is -0.482 e. The second kappa shape index (κ2) is 11.7. The number of carbonyl (C=O) groups is 2. The SMILES string of the molecule is CCc1ccc(NC(=O)COc2ccc(/C=C3\SC(=S)N([C@H](C)c4ccccc4)C3=O)cc2Cl)cc1. The first-order chi connectivity index (χ1) is 17.4. The Morgan fingerprint density at radius 1 is 1.14 bits per heavy atom. The molecule has 2 amide bonds. The van der Waals surface area contributed by atoms with Crippen LogP contribution in [0.2, 0.25) is 5.02 Å². The van der Waals surface area contributed by atoms with Crippen molar-refractivity contribution in [2.24, 2.45) is 0 Å². The second-order valence-electron chi connectivity index (χ2n) is 8.22. The van der Waals surface area contributed by atoms with Gasteiger partial charge in [0.15, 0.2) is 6.61 Å². The van der Waals surface area contributed by atoms with Gasteiger partial charge in [-0.25, -0.2) is 0 Å². The summed E-state index contributed by atoms with van der Waals surface area (Å²) in [7, 11) is 0.